The van der Waals surface area contributed by atoms with E-state index in [1.165, 1.54) is 7.11 Å². The Labute approximate surface area is 121 Å². The molecular weight excluding hydrogens is 254 g/mol. The number of likely N-dealkylation sites (N-methyl/N-ethyl adjacent to an activating group) is 1. The van der Waals surface area contributed by atoms with Gasteiger partial charge in [0.2, 0.25) is 0 Å². The number of methoxy groups -OCH3 is 1. The van der Waals surface area contributed by atoms with E-state index in [9.17, 15) is 4.79 Å². The monoisotopic (exact) mass is 279 g/mol. The van der Waals surface area contributed by atoms with Crippen LogP contribution >= 0.6 is 0 Å². The Morgan fingerprint density at radius 1 is 1.40 bits per heavy atom. The van der Waals surface area contributed by atoms with Gasteiger partial charge < -0.3 is 20.7 Å². The van der Waals surface area contributed by atoms with Crippen molar-refractivity contribution in [3.05, 3.63) is 23.8 Å². The van der Waals surface area contributed by atoms with E-state index in [4.69, 9.17) is 10.5 Å². The van der Waals surface area contributed by atoms with Gasteiger partial charge in [-0.05, 0) is 38.2 Å². The molecule has 0 aliphatic rings. The molecule has 5 nitrogen and oxygen atoms in total. The first-order valence-corrected chi connectivity index (χ1v) is 6.98. The first-order valence-electron chi connectivity index (χ1n) is 6.98. The van der Waals surface area contributed by atoms with Gasteiger partial charge in [-0.25, -0.2) is 4.79 Å². The fourth-order valence-corrected chi connectivity index (χ4v) is 2.11. The molecule has 0 heterocycles. The number of benzene rings is 1. The lowest BCUT2D eigenvalue weighted by Crippen LogP contribution is -2.34. The predicted molar refractivity (Wildman–Crippen MR) is 83.1 cm³/mol. The summed E-state index contributed by atoms with van der Waals surface area (Å²) >= 11 is 0. The molecule has 112 valence electrons. The summed E-state index contributed by atoms with van der Waals surface area (Å²) in [5, 5.41) is 3.35. The highest BCUT2D eigenvalue weighted by Gasteiger charge is 2.12. The number of hydrogen-bond acceptors (Lipinski definition) is 5. The number of nitrogen functional groups attached to an aromatic ring is 1. The van der Waals surface area contributed by atoms with Gasteiger partial charge in [0.25, 0.3) is 0 Å². The molecule has 0 bridgehead atoms. The summed E-state index contributed by atoms with van der Waals surface area (Å²) in [4.78, 5) is 13.9. The van der Waals surface area contributed by atoms with Gasteiger partial charge in [0, 0.05) is 12.6 Å². The first kappa shape index (κ1) is 16.3. The Bertz CT molecular complexity index is 445. The molecule has 20 heavy (non-hydrogen) atoms. The average Bonchev–Trinajstić information content (AvgIpc) is 2.46. The second-order valence-corrected chi connectivity index (χ2v) is 4.82. The number of anilines is 2. The summed E-state index contributed by atoms with van der Waals surface area (Å²) in [6.45, 7) is 9.34. The van der Waals surface area contributed by atoms with Crippen molar-refractivity contribution in [2.24, 2.45) is 0 Å². The van der Waals surface area contributed by atoms with Crippen LogP contribution in [0, 0.1) is 0 Å². The molecule has 0 aliphatic carbocycles. The smallest absolute Gasteiger partial charge is 0.337 e. The minimum Gasteiger partial charge on any atom is -0.465 e. The van der Waals surface area contributed by atoms with Crippen molar-refractivity contribution >= 4 is 17.3 Å². The number of carbonyl (C=O) groups is 1. The summed E-state index contributed by atoms with van der Waals surface area (Å²) in [5.74, 6) is -0.357. The third-order valence-electron chi connectivity index (χ3n) is 3.30. The lowest BCUT2D eigenvalue weighted by molar-refractivity contribution is 0.0601. The van der Waals surface area contributed by atoms with Crippen LogP contribution in [0.3, 0.4) is 0 Å². The Hall–Kier alpha value is -1.75. The second kappa shape index (κ2) is 7.75. The fraction of sp³-hybridized carbons (Fsp3) is 0.533. The largest absolute Gasteiger partial charge is 0.465 e. The minimum absolute atomic E-state index is 0.241. The van der Waals surface area contributed by atoms with E-state index in [1.54, 1.807) is 18.2 Å². The van der Waals surface area contributed by atoms with Gasteiger partial charge in [-0.1, -0.05) is 13.8 Å². The minimum atomic E-state index is -0.357. The van der Waals surface area contributed by atoms with Crippen LogP contribution in [-0.2, 0) is 4.74 Å². The standard InChI is InChI=1S/C15H25N3O2/c1-5-18(6-2)10-11(3)17-14-9-12(15(19)20-4)7-8-13(14)16/h7-9,11,17H,5-6,10,16H2,1-4H3. The van der Waals surface area contributed by atoms with Crippen LogP contribution in [0.4, 0.5) is 11.4 Å². The number of nitrogens with two attached hydrogens (primary N) is 1. The normalized spacial score (nSPS) is 12.2. The van der Waals surface area contributed by atoms with Crippen molar-refractivity contribution < 1.29 is 9.53 Å². The summed E-state index contributed by atoms with van der Waals surface area (Å²) in [7, 11) is 1.37. The maximum atomic E-state index is 11.5. The van der Waals surface area contributed by atoms with Crippen molar-refractivity contribution in [1.82, 2.24) is 4.90 Å². The molecule has 0 spiro atoms. The highest BCUT2D eigenvalue weighted by atomic mass is 16.5. The van der Waals surface area contributed by atoms with E-state index in [0.29, 0.717) is 11.3 Å². The third kappa shape index (κ3) is 4.42. The lowest BCUT2D eigenvalue weighted by atomic mass is 10.1. The molecule has 1 unspecified atom stereocenters. The molecule has 0 amide bonds. The molecule has 1 atom stereocenters. The fourth-order valence-electron chi connectivity index (χ4n) is 2.11. The molecular formula is C15H25N3O2. The molecule has 1 aromatic carbocycles. The van der Waals surface area contributed by atoms with E-state index in [0.717, 1.165) is 25.3 Å². The van der Waals surface area contributed by atoms with Crippen molar-refractivity contribution in [1.29, 1.82) is 0 Å². The molecule has 0 aliphatic heterocycles. The van der Waals surface area contributed by atoms with Crippen molar-refractivity contribution in [2.45, 2.75) is 26.8 Å². The first-order chi connectivity index (χ1) is 9.51. The van der Waals surface area contributed by atoms with E-state index in [1.807, 2.05) is 0 Å². The van der Waals surface area contributed by atoms with Gasteiger partial charge in [0.05, 0.1) is 24.0 Å². The second-order valence-electron chi connectivity index (χ2n) is 4.82. The van der Waals surface area contributed by atoms with Crippen LogP contribution in [-0.4, -0.2) is 43.7 Å². The number of esters is 1. The van der Waals surface area contributed by atoms with E-state index in [-0.39, 0.29) is 12.0 Å². The summed E-state index contributed by atoms with van der Waals surface area (Å²) in [6.07, 6.45) is 0. The molecule has 0 saturated heterocycles. The molecule has 1 aromatic rings. The van der Waals surface area contributed by atoms with Crippen LogP contribution in [0.1, 0.15) is 31.1 Å². The number of carbonyl (C=O) groups excluding carboxylic acids is 1. The third-order valence-corrected chi connectivity index (χ3v) is 3.30. The zero-order valence-corrected chi connectivity index (χ0v) is 12.8. The van der Waals surface area contributed by atoms with Crippen LogP contribution in [0.25, 0.3) is 0 Å². The maximum Gasteiger partial charge on any atom is 0.337 e. The SMILES string of the molecule is CCN(CC)CC(C)Nc1cc(C(=O)OC)ccc1N. The topological polar surface area (TPSA) is 67.6 Å². The van der Waals surface area contributed by atoms with Gasteiger partial charge in [-0.15, -0.1) is 0 Å². The van der Waals surface area contributed by atoms with Crippen LogP contribution in [0.15, 0.2) is 18.2 Å². The van der Waals surface area contributed by atoms with Gasteiger partial charge in [0.1, 0.15) is 0 Å². The highest BCUT2D eigenvalue weighted by molar-refractivity contribution is 5.91. The highest BCUT2D eigenvalue weighted by Crippen LogP contribution is 2.21. The van der Waals surface area contributed by atoms with Gasteiger partial charge in [-0.2, -0.15) is 0 Å². The molecule has 0 saturated carbocycles. The van der Waals surface area contributed by atoms with Gasteiger partial charge in [0.15, 0.2) is 0 Å². The van der Waals surface area contributed by atoms with E-state index >= 15 is 0 Å². The van der Waals surface area contributed by atoms with E-state index < -0.39 is 0 Å². The van der Waals surface area contributed by atoms with Gasteiger partial charge >= 0.3 is 5.97 Å². The average molecular weight is 279 g/mol. The Morgan fingerprint density at radius 2 is 2.05 bits per heavy atom. The molecule has 0 aromatic heterocycles. The maximum absolute atomic E-state index is 11.5. The summed E-state index contributed by atoms with van der Waals surface area (Å²) < 4.78 is 4.72. The molecule has 1 rings (SSSR count). The Balaban J connectivity index is 2.78. The molecule has 5 heteroatoms. The summed E-state index contributed by atoms with van der Waals surface area (Å²) in [5.41, 5.74) is 7.85. The van der Waals surface area contributed by atoms with Crippen LogP contribution in [0.2, 0.25) is 0 Å². The predicted octanol–water partition coefficient (Wildman–Crippen LogP) is 2.20. The zero-order valence-electron chi connectivity index (χ0n) is 12.8. The summed E-state index contributed by atoms with van der Waals surface area (Å²) in [6, 6.07) is 5.37. The van der Waals surface area contributed by atoms with Crippen LogP contribution < -0.4 is 11.1 Å². The quantitative estimate of drug-likeness (QED) is 0.591. The Morgan fingerprint density at radius 3 is 2.60 bits per heavy atom. The van der Waals surface area contributed by atoms with Crippen molar-refractivity contribution in [2.75, 3.05) is 37.8 Å². The number of nitrogens with one attached hydrogen (secondary N) is 1. The number of nitrogens with zero attached hydrogens (tertiary/aromatic N) is 1. The van der Waals surface area contributed by atoms with Crippen molar-refractivity contribution in [3.8, 4) is 0 Å². The van der Waals surface area contributed by atoms with E-state index in [2.05, 4.69) is 31.0 Å². The lowest BCUT2D eigenvalue weighted by Gasteiger charge is -2.24. The van der Waals surface area contributed by atoms with Gasteiger partial charge in [-0.3, -0.25) is 0 Å². The molecule has 0 fully saturated rings. The van der Waals surface area contributed by atoms with Crippen molar-refractivity contribution in [3.63, 3.8) is 0 Å². The molecule has 0 radical (unpaired) electrons. The molecule has 3 N–H and O–H groups in total. The zero-order chi connectivity index (χ0) is 15.1. The number of hydrogen-bond donors (Lipinski definition) is 2. The number of rotatable bonds is 7. The van der Waals surface area contributed by atoms with Crippen LogP contribution in [0.5, 0.6) is 0 Å². The number of ether oxygens (including phenoxy) is 1. The Kier molecular flexibility index (Phi) is 6.31.